The quantitative estimate of drug-likeness (QED) is 0.845. The van der Waals surface area contributed by atoms with Crippen LogP contribution in [0.5, 0.6) is 0 Å². The molecule has 2 aliphatic rings. The lowest BCUT2D eigenvalue weighted by molar-refractivity contribution is 0.0586. The number of nitrogens with one attached hydrogen (secondary N) is 1. The van der Waals surface area contributed by atoms with Crippen molar-refractivity contribution in [3.8, 4) is 0 Å². The Bertz CT molecular complexity index is 456. The van der Waals surface area contributed by atoms with E-state index in [0.29, 0.717) is 5.41 Å². The van der Waals surface area contributed by atoms with Gasteiger partial charge in [-0.15, -0.1) is 0 Å². The number of hydrogen-bond acceptors (Lipinski definition) is 2. The monoisotopic (exact) mass is 261 g/mol. The molecule has 4 nitrogen and oxygen atoms in total. The number of piperidine rings is 1. The SMILES string of the molecule is Cc1n[nH]c(C)c1C(=O)N1CCC2(CCCC2)CC1. The molecule has 3 rings (SSSR count). The molecule has 1 saturated carbocycles. The molecule has 1 N–H and O–H groups in total. The molecular formula is C15H23N3O. The van der Waals surface area contributed by atoms with Gasteiger partial charge in [0, 0.05) is 18.8 Å². The third-order valence-electron chi connectivity index (χ3n) is 5.12. The van der Waals surface area contributed by atoms with E-state index in [9.17, 15) is 4.79 Å². The first kappa shape index (κ1) is 12.7. The lowest BCUT2D eigenvalue weighted by atomic mass is 9.77. The van der Waals surface area contributed by atoms with Crippen molar-refractivity contribution in [2.45, 2.75) is 52.4 Å². The van der Waals surface area contributed by atoms with Gasteiger partial charge in [0.1, 0.15) is 0 Å². The number of H-pyrrole nitrogens is 1. The molecule has 0 aromatic carbocycles. The predicted molar refractivity (Wildman–Crippen MR) is 74.1 cm³/mol. The summed E-state index contributed by atoms with van der Waals surface area (Å²) in [6.45, 7) is 5.67. The van der Waals surface area contributed by atoms with E-state index < -0.39 is 0 Å². The number of nitrogens with zero attached hydrogens (tertiary/aromatic N) is 2. The largest absolute Gasteiger partial charge is 0.338 e. The summed E-state index contributed by atoms with van der Waals surface area (Å²) in [5.41, 5.74) is 3.06. The van der Waals surface area contributed by atoms with Crippen molar-refractivity contribution in [2.24, 2.45) is 5.41 Å². The van der Waals surface area contributed by atoms with Crippen molar-refractivity contribution in [2.75, 3.05) is 13.1 Å². The first-order valence-electron chi connectivity index (χ1n) is 7.42. The van der Waals surface area contributed by atoms with Gasteiger partial charge in [0.15, 0.2) is 0 Å². The van der Waals surface area contributed by atoms with Crippen molar-refractivity contribution in [3.05, 3.63) is 17.0 Å². The molecule has 1 aromatic rings. The summed E-state index contributed by atoms with van der Waals surface area (Å²) in [5.74, 6) is 0.164. The molecule has 104 valence electrons. The molecule has 1 spiro atoms. The first-order chi connectivity index (χ1) is 9.11. The van der Waals surface area contributed by atoms with E-state index in [1.165, 1.54) is 38.5 Å². The molecule has 0 atom stereocenters. The van der Waals surface area contributed by atoms with E-state index in [-0.39, 0.29) is 5.91 Å². The van der Waals surface area contributed by atoms with E-state index in [1.807, 2.05) is 18.7 Å². The topological polar surface area (TPSA) is 49.0 Å². The number of carbonyl (C=O) groups excluding carboxylic acids is 1. The second-order valence-electron chi connectivity index (χ2n) is 6.31. The zero-order valence-electron chi connectivity index (χ0n) is 12.0. The molecule has 1 amide bonds. The van der Waals surface area contributed by atoms with Crippen LogP contribution >= 0.6 is 0 Å². The van der Waals surface area contributed by atoms with Crippen LogP contribution < -0.4 is 0 Å². The smallest absolute Gasteiger partial charge is 0.257 e. The van der Waals surface area contributed by atoms with Crippen LogP contribution in [0.2, 0.25) is 0 Å². The lowest BCUT2D eigenvalue weighted by Crippen LogP contribution is -2.42. The second kappa shape index (κ2) is 4.66. The Kier molecular flexibility index (Phi) is 3.11. The number of carbonyl (C=O) groups is 1. The van der Waals surface area contributed by atoms with Gasteiger partial charge in [-0.3, -0.25) is 9.89 Å². The van der Waals surface area contributed by atoms with Gasteiger partial charge < -0.3 is 4.90 Å². The van der Waals surface area contributed by atoms with Gasteiger partial charge >= 0.3 is 0 Å². The van der Waals surface area contributed by atoms with Gasteiger partial charge in [0.05, 0.1) is 11.3 Å². The first-order valence-corrected chi connectivity index (χ1v) is 7.42. The number of rotatable bonds is 1. The molecule has 1 aliphatic carbocycles. The standard InChI is InChI=1S/C15H23N3O/c1-11-13(12(2)17-16-11)14(19)18-9-7-15(8-10-18)5-3-4-6-15/h3-10H2,1-2H3,(H,16,17). The fourth-order valence-electron chi connectivity index (χ4n) is 3.83. The Labute approximate surface area is 114 Å². The third-order valence-corrected chi connectivity index (χ3v) is 5.12. The number of aromatic amines is 1. The molecule has 4 heteroatoms. The summed E-state index contributed by atoms with van der Waals surface area (Å²) in [4.78, 5) is 14.6. The van der Waals surface area contributed by atoms with Crippen LogP contribution in [0.1, 0.15) is 60.3 Å². The van der Waals surface area contributed by atoms with Crippen LogP contribution in [0.15, 0.2) is 0 Å². The van der Waals surface area contributed by atoms with Crippen LogP contribution in [0.25, 0.3) is 0 Å². The lowest BCUT2D eigenvalue weighted by Gasteiger charge is -2.39. The Morgan fingerprint density at radius 1 is 1.16 bits per heavy atom. The fourth-order valence-corrected chi connectivity index (χ4v) is 3.83. The molecule has 1 aliphatic heterocycles. The highest BCUT2D eigenvalue weighted by Crippen LogP contribution is 2.46. The molecule has 1 aromatic heterocycles. The molecule has 2 heterocycles. The zero-order chi connectivity index (χ0) is 13.5. The number of hydrogen-bond donors (Lipinski definition) is 1. The third kappa shape index (κ3) is 2.17. The minimum Gasteiger partial charge on any atom is -0.338 e. The molecule has 1 saturated heterocycles. The Balaban J connectivity index is 1.70. The van der Waals surface area contributed by atoms with Crippen LogP contribution in [-0.2, 0) is 0 Å². The highest BCUT2D eigenvalue weighted by molar-refractivity contribution is 5.96. The van der Waals surface area contributed by atoms with E-state index in [4.69, 9.17) is 0 Å². The second-order valence-corrected chi connectivity index (χ2v) is 6.31. The molecule has 0 unspecified atom stereocenters. The van der Waals surface area contributed by atoms with Crippen molar-refractivity contribution in [1.82, 2.24) is 15.1 Å². The van der Waals surface area contributed by atoms with Gasteiger partial charge in [0.2, 0.25) is 0 Å². The van der Waals surface area contributed by atoms with Crippen molar-refractivity contribution in [3.63, 3.8) is 0 Å². The summed E-state index contributed by atoms with van der Waals surface area (Å²) >= 11 is 0. The van der Waals surface area contributed by atoms with Gasteiger partial charge in [-0.2, -0.15) is 5.10 Å². The molecule has 2 fully saturated rings. The van der Waals surface area contributed by atoms with Gasteiger partial charge in [-0.25, -0.2) is 0 Å². The van der Waals surface area contributed by atoms with Crippen LogP contribution in [0.4, 0.5) is 0 Å². The van der Waals surface area contributed by atoms with Crippen LogP contribution in [-0.4, -0.2) is 34.1 Å². The Morgan fingerprint density at radius 3 is 2.32 bits per heavy atom. The summed E-state index contributed by atoms with van der Waals surface area (Å²) in [5, 5.41) is 7.04. The number of amides is 1. The van der Waals surface area contributed by atoms with Crippen LogP contribution in [0, 0.1) is 19.3 Å². The number of aromatic nitrogens is 2. The van der Waals surface area contributed by atoms with Gasteiger partial charge in [-0.05, 0) is 44.9 Å². The molecular weight excluding hydrogens is 238 g/mol. The average molecular weight is 261 g/mol. The predicted octanol–water partition coefficient (Wildman–Crippen LogP) is 2.82. The minimum absolute atomic E-state index is 0.164. The van der Waals surface area contributed by atoms with Crippen molar-refractivity contribution < 1.29 is 4.79 Å². The summed E-state index contributed by atoms with van der Waals surface area (Å²) < 4.78 is 0. The Hall–Kier alpha value is -1.32. The maximum atomic E-state index is 12.6. The minimum atomic E-state index is 0.164. The molecule has 0 bridgehead atoms. The highest BCUT2D eigenvalue weighted by Gasteiger charge is 2.38. The number of aryl methyl sites for hydroxylation is 2. The summed E-state index contributed by atoms with van der Waals surface area (Å²) in [7, 11) is 0. The zero-order valence-corrected chi connectivity index (χ0v) is 12.0. The fraction of sp³-hybridized carbons (Fsp3) is 0.733. The maximum absolute atomic E-state index is 12.6. The average Bonchev–Trinajstić information content (AvgIpc) is 2.98. The Morgan fingerprint density at radius 2 is 1.79 bits per heavy atom. The van der Waals surface area contributed by atoms with E-state index in [2.05, 4.69) is 10.2 Å². The normalized spacial score (nSPS) is 22.1. The van der Waals surface area contributed by atoms with E-state index >= 15 is 0 Å². The van der Waals surface area contributed by atoms with E-state index in [1.54, 1.807) is 0 Å². The highest BCUT2D eigenvalue weighted by atomic mass is 16.2. The summed E-state index contributed by atoms with van der Waals surface area (Å²) in [6, 6.07) is 0. The maximum Gasteiger partial charge on any atom is 0.257 e. The van der Waals surface area contributed by atoms with Crippen molar-refractivity contribution in [1.29, 1.82) is 0 Å². The van der Waals surface area contributed by atoms with Gasteiger partial charge in [0.25, 0.3) is 5.91 Å². The van der Waals surface area contributed by atoms with Crippen molar-refractivity contribution >= 4 is 5.91 Å². The number of likely N-dealkylation sites (tertiary alicyclic amines) is 1. The summed E-state index contributed by atoms with van der Waals surface area (Å²) in [6.07, 6.45) is 7.89. The van der Waals surface area contributed by atoms with Crippen LogP contribution in [0.3, 0.4) is 0 Å². The molecule has 0 radical (unpaired) electrons. The van der Waals surface area contributed by atoms with E-state index in [0.717, 1.165) is 30.0 Å². The molecule has 19 heavy (non-hydrogen) atoms. The van der Waals surface area contributed by atoms with Gasteiger partial charge in [-0.1, -0.05) is 12.8 Å².